The molecule has 0 saturated carbocycles. The first-order valence-corrected chi connectivity index (χ1v) is 7.64. The molecule has 0 bridgehead atoms. The Kier molecular flexibility index (Phi) is 4.63. The van der Waals surface area contributed by atoms with Gasteiger partial charge in [0.2, 0.25) is 0 Å². The molecule has 0 aliphatic carbocycles. The fraction of sp³-hybridized carbons (Fsp3) is 0.235. The predicted octanol–water partition coefficient (Wildman–Crippen LogP) is 2.34. The van der Waals surface area contributed by atoms with Crippen LogP contribution in [0.4, 0.5) is 5.82 Å². The van der Waals surface area contributed by atoms with Gasteiger partial charge < -0.3 is 11.1 Å². The van der Waals surface area contributed by atoms with Crippen LogP contribution in [0.15, 0.2) is 55.1 Å². The van der Waals surface area contributed by atoms with E-state index in [2.05, 4.69) is 39.4 Å². The number of hydrogen-bond acceptors (Lipinski definition) is 5. The second kappa shape index (κ2) is 7.02. The zero-order chi connectivity index (χ0) is 16.1. The maximum absolute atomic E-state index is 5.59. The van der Waals surface area contributed by atoms with E-state index in [0.29, 0.717) is 6.54 Å². The quantitative estimate of drug-likeness (QED) is 0.730. The molecule has 3 rings (SSSR count). The van der Waals surface area contributed by atoms with Gasteiger partial charge in [0.05, 0.1) is 11.7 Å². The summed E-state index contributed by atoms with van der Waals surface area (Å²) in [6.45, 7) is 2.68. The van der Waals surface area contributed by atoms with Gasteiger partial charge in [-0.25, -0.2) is 14.6 Å². The van der Waals surface area contributed by atoms with Crippen LogP contribution in [-0.4, -0.2) is 26.3 Å². The molecule has 1 unspecified atom stereocenters. The Morgan fingerprint density at radius 1 is 1.22 bits per heavy atom. The van der Waals surface area contributed by atoms with E-state index in [1.165, 1.54) is 0 Å². The van der Waals surface area contributed by atoms with Crippen LogP contribution in [0.3, 0.4) is 0 Å². The van der Waals surface area contributed by atoms with Crippen molar-refractivity contribution in [3.8, 4) is 5.69 Å². The summed E-state index contributed by atoms with van der Waals surface area (Å²) in [4.78, 5) is 8.52. The predicted molar refractivity (Wildman–Crippen MR) is 90.4 cm³/mol. The van der Waals surface area contributed by atoms with Crippen LogP contribution in [0.25, 0.3) is 5.69 Å². The van der Waals surface area contributed by atoms with Crippen LogP contribution in [0.5, 0.6) is 0 Å². The van der Waals surface area contributed by atoms with Gasteiger partial charge in [0.15, 0.2) is 0 Å². The minimum Gasteiger partial charge on any atom is -0.363 e. The third-order valence-electron chi connectivity index (χ3n) is 3.64. The molecule has 6 nitrogen and oxygen atoms in total. The number of nitrogens with two attached hydrogens (primary N) is 1. The average molecular weight is 308 g/mol. The second-order valence-electron chi connectivity index (χ2n) is 5.31. The first-order chi connectivity index (χ1) is 11.3. The van der Waals surface area contributed by atoms with Crippen molar-refractivity contribution in [3.05, 3.63) is 66.4 Å². The summed E-state index contributed by atoms with van der Waals surface area (Å²) in [5, 5.41) is 7.75. The summed E-state index contributed by atoms with van der Waals surface area (Å²) < 4.78 is 1.87. The van der Waals surface area contributed by atoms with Crippen molar-refractivity contribution in [2.75, 3.05) is 11.9 Å². The van der Waals surface area contributed by atoms with Gasteiger partial charge in [-0.1, -0.05) is 18.2 Å². The molecule has 0 amide bonds. The molecular formula is C17H20N6. The molecule has 23 heavy (non-hydrogen) atoms. The first-order valence-electron chi connectivity index (χ1n) is 7.64. The number of aromatic nitrogens is 4. The Morgan fingerprint density at radius 3 is 2.87 bits per heavy atom. The van der Waals surface area contributed by atoms with Crippen LogP contribution in [-0.2, 0) is 6.42 Å². The molecular weight excluding hydrogens is 288 g/mol. The van der Waals surface area contributed by atoms with E-state index in [9.17, 15) is 0 Å². The number of hydrogen-bond donors (Lipinski definition) is 2. The van der Waals surface area contributed by atoms with E-state index in [4.69, 9.17) is 5.73 Å². The summed E-state index contributed by atoms with van der Waals surface area (Å²) >= 11 is 0. The van der Waals surface area contributed by atoms with Crippen LogP contribution in [0.1, 0.15) is 24.2 Å². The lowest BCUT2D eigenvalue weighted by atomic mass is 10.1. The molecule has 1 atom stereocenters. The lowest BCUT2D eigenvalue weighted by Crippen LogP contribution is -2.12. The summed E-state index contributed by atoms with van der Waals surface area (Å²) in [6.07, 6.45) is 6.03. The zero-order valence-electron chi connectivity index (χ0n) is 13.1. The largest absolute Gasteiger partial charge is 0.363 e. The number of anilines is 1. The molecule has 2 heterocycles. The fourth-order valence-electron chi connectivity index (χ4n) is 2.53. The van der Waals surface area contributed by atoms with Crippen molar-refractivity contribution >= 4 is 5.82 Å². The van der Waals surface area contributed by atoms with E-state index >= 15 is 0 Å². The van der Waals surface area contributed by atoms with Crippen molar-refractivity contribution in [1.29, 1.82) is 0 Å². The minimum atomic E-state index is 0.0797. The Morgan fingerprint density at radius 2 is 2.09 bits per heavy atom. The topological polar surface area (TPSA) is 81.6 Å². The number of rotatable bonds is 6. The highest BCUT2D eigenvalue weighted by molar-refractivity contribution is 5.46. The normalized spacial score (nSPS) is 12.1. The van der Waals surface area contributed by atoms with Crippen LogP contribution >= 0.6 is 0 Å². The molecule has 118 valence electrons. The molecule has 0 aliphatic rings. The summed E-state index contributed by atoms with van der Waals surface area (Å²) in [6, 6.07) is 12.1. The average Bonchev–Trinajstić information content (AvgIpc) is 3.10. The van der Waals surface area contributed by atoms with E-state index in [0.717, 1.165) is 29.2 Å². The van der Waals surface area contributed by atoms with Crippen molar-refractivity contribution in [2.24, 2.45) is 5.73 Å². The van der Waals surface area contributed by atoms with Gasteiger partial charge >= 0.3 is 0 Å². The fourth-order valence-corrected chi connectivity index (χ4v) is 2.53. The van der Waals surface area contributed by atoms with Gasteiger partial charge in [0.1, 0.15) is 12.1 Å². The van der Waals surface area contributed by atoms with Gasteiger partial charge in [0, 0.05) is 30.6 Å². The number of para-hydroxylation sites is 1. The molecule has 0 aliphatic heterocycles. The summed E-state index contributed by atoms with van der Waals surface area (Å²) in [5.41, 5.74) is 8.73. The SMILES string of the molecule is CC(Nc1cc(CCN)ncn1)c1ccccc1-n1cccn1. The molecule has 6 heteroatoms. The maximum Gasteiger partial charge on any atom is 0.130 e. The zero-order valence-corrected chi connectivity index (χ0v) is 13.1. The highest BCUT2D eigenvalue weighted by Gasteiger charge is 2.12. The van der Waals surface area contributed by atoms with Gasteiger partial charge in [-0.3, -0.25) is 0 Å². The highest BCUT2D eigenvalue weighted by Crippen LogP contribution is 2.24. The lowest BCUT2D eigenvalue weighted by molar-refractivity contribution is 0.811. The lowest BCUT2D eigenvalue weighted by Gasteiger charge is -2.18. The standard InChI is InChI=1S/C17H20N6/c1-13(22-17-11-14(7-8-18)19-12-20-17)15-5-2-3-6-16(15)23-10-4-9-21-23/h2-6,9-13H,7-8,18H2,1H3,(H,19,20,22). The molecule has 1 aromatic carbocycles. The molecule has 0 spiro atoms. The van der Waals surface area contributed by atoms with Gasteiger partial charge in [0.25, 0.3) is 0 Å². The van der Waals surface area contributed by atoms with Crippen molar-refractivity contribution < 1.29 is 0 Å². The first kappa shape index (κ1) is 15.2. The number of nitrogens with one attached hydrogen (secondary N) is 1. The van der Waals surface area contributed by atoms with Gasteiger partial charge in [-0.05, 0) is 31.2 Å². The molecule has 3 aromatic rings. The number of benzene rings is 1. The summed E-state index contributed by atoms with van der Waals surface area (Å²) in [7, 11) is 0. The van der Waals surface area contributed by atoms with Gasteiger partial charge in [-0.15, -0.1) is 0 Å². The van der Waals surface area contributed by atoms with Crippen LogP contribution < -0.4 is 11.1 Å². The molecule has 0 radical (unpaired) electrons. The van der Waals surface area contributed by atoms with Crippen molar-refractivity contribution in [1.82, 2.24) is 19.7 Å². The maximum atomic E-state index is 5.59. The molecule has 0 saturated heterocycles. The Hall–Kier alpha value is -2.73. The van der Waals surface area contributed by atoms with Crippen LogP contribution in [0, 0.1) is 0 Å². The van der Waals surface area contributed by atoms with Crippen molar-refractivity contribution in [3.63, 3.8) is 0 Å². The smallest absolute Gasteiger partial charge is 0.130 e. The third-order valence-corrected chi connectivity index (χ3v) is 3.64. The second-order valence-corrected chi connectivity index (χ2v) is 5.31. The Bertz CT molecular complexity index is 753. The van der Waals surface area contributed by atoms with E-state index in [1.54, 1.807) is 12.5 Å². The molecule has 2 aromatic heterocycles. The van der Waals surface area contributed by atoms with E-state index in [1.807, 2.05) is 35.1 Å². The monoisotopic (exact) mass is 308 g/mol. The summed E-state index contributed by atoms with van der Waals surface area (Å²) in [5.74, 6) is 0.797. The van der Waals surface area contributed by atoms with Crippen LogP contribution in [0.2, 0.25) is 0 Å². The Labute approximate surface area is 135 Å². The Balaban J connectivity index is 1.84. The molecule has 0 fully saturated rings. The molecule has 3 N–H and O–H groups in total. The highest BCUT2D eigenvalue weighted by atomic mass is 15.3. The number of nitrogens with zero attached hydrogens (tertiary/aromatic N) is 4. The van der Waals surface area contributed by atoms with E-state index < -0.39 is 0 Å². The third kappa shape index (κ3) is 3.54. The minimum absolute atomic E-state index is 0.0797. The van der Waals surface area contributed by atoms with Gasteiger partial charge in [-0.2, -0.15) is 5.10 Å². The van der Waals surface area contributed by atoms with Crippen molar-refractivity contribution in [2.45, 2.75) is 19.4 Å². The van der Waals surface area contributed by atoms with E-state index in [-0.39, 0.29) is 6.04 Å².